The molecule has 3 aromatic rings. The number of rotatable bonds is 12. The van der Waals surface area contributed by atoms with E-state index in [0.717, 1.165) is 6.26 Å². The molecule has 2 aliphatic heterocycles. The molecule has 2 fully saturated rings. The van der Waals surface area contributed by atoms with Crippen LogP contribution < -0.4 is 14.8 Å². The van der Waals surface area contributed by atoms with Gasteiger partial charge in [-0.15, -0.1) is 0 Å². The topological polar surface area (TPSA) is 168 Å². The van der Waals surface area contributed by atoms with Crippen molar-refractivity contribution in [3.8, 4) is 16.9 Å². The summed E-state index contributed by atoms with van der Waals surface area (Å²) in [4.78, 5) is 0.375. The van der Waals surface area contributed by atoms with E-state index in [9.17, 15) is 30.4 Å². The van der Waals surface area contributed by atoms with Crippen LogP contribution in [0, 0.1) is 0 Å². The fourth-order valence-corrected chi connectivity index (χ4v) is 8.67. The van der Waals surface area contributed by atoms with Crippen molar-refractivity contribution in [1.82, 2.24) is 14.3 Å². The van der Waals surface area contributed by atoms with Crippen LogP contribution in [0.3, 0.4) is 0 Å². The van der Waals surface area contributed by atoms with Crippen molar-refractivity contribution < 1.29 is 39.8 Å². The first-order valence-corrected chi connectivity index (χ1v) is 19.6. The second-order valence-electron chi connectivity index (χ2n) is 11.7. The van der Waals surface area contributed by atoms with Gasteiger partial charge in [-0.3, -0.25) is 0 Å². The van der Waals surface area contributed by atoms with Crippen molar-refractivity contribution in [1.29, 1.82) is 0 Å². The number of ether oxygens (including phenoxy) is 2. The Morgan fingerprint density at radius 3 is 2.17 bits per heavy atom. The van der Waals surface area contributed by atoms with E-state index < -0.39 is 41.6 Å². The first kappa shape index (κ1) is 34.4. The van der Waals surface area contributed by atoms with E-state index in [-0.39, 0.29) is 33.9 Å². The Balaban J connectivity index is 1.12. The maximum absolute atomic E-state index is 13.6. The maximum atomic E-state index is 13.6. The van der Waals surface area contributed by atoms with E-state index in [4.69, 9.17) is 9.47 Å². The fourth-order valence-electron chi connectivity index (χ4n) is 5.75. The summed E-state index contributed by atoms with van der Waals surface area (Å²) in [6, 6.07) is 19.0. The summed E-state index contributed by atoms with van der Waals surface area (Å²) in [6.45, 7) is 1.22. The molecule has 2 heterocycles. The number of aliphatic hydroxyl groups is 1. The summed E-state index contributed by atoms with van der Waals surface area (Å²) in [6.07, 6.45) is 2.01. The van der Waals surface area contributed by atoms with E-state index >= 15 is 0 Å². The van der Waals surface area contributed by atoms with Crippen LogP contribution in [-0.2, 0) is 34.6 Å². The highest BCUT2D eigenvalue weighted by Gasteiger charge is 2.44. The van der Waals surface area contributed by atoms with Gasteiger partial charge in [-0.1, -0.05) is 30.3 Å². The third-order valence-electron chi connectivity index (χ3n) is 8.38. The van der Waals surface area contributed by atoms with Crippen molar-refractivity contribution in [2.24, 2.45) is 0 Å². The SMILES string of the molecule is CNS(=O)(=O)c1cccc(OCC(O)CNC2COC3(CCN(S(=O)(=O)c4cccc(-c5cccc(S(C)(=O)=O)c5)c4)CC3)C2)c1. The van der Waals surface area contributed by atoms with Gasteiger partial charge >= 0.3 is 0 Å². The molecule has 3 aromatic carbocycles. The Morgan fingerprint density at radius 2 is 1.52 bits per heavy atom. The van der Waals surface area contributed by atoms with Crippen molar-refractivity contribution in [3.63, 3.8) is 0 Å². The number of nitrogens with zero attached hydrogens (tertiary/aromatic N) is 1. The van der Waals surface area contributed by atoms with Crippen molar-refractivity contribution >= 4 is 29.9 Å². The fraction of sp³-hybridized carbons (Fsp3) is 0.419. The molecule has 0 amide bonds. The molecule has 250 valence electrons. The summed E-state index contributed by atoms with van der Waals surface area (Å²) in [5.41, 5.74) is 0.760. The molecule has 2 atom stereocenters. The minimum atomic E-state index is -3.79. The van der Waals surface area contributed by atoms with E-state index in [1.807, 2.05) is 0 Å². The molecule has 0 bridgehead atoms. The second-order valence-corrected chi connectivity index (χ2v) is 17.5. The van der Waals surface area contributed by atoms with E-state index in [2.05, 4.69) is 10.0 Å². The van der Waals surface area contributed by atoms with Gasteiger partial charge in [0.05, 0.1) is 26.9 Å². The summed E-state index contributed by atoms with van der Waals surface area (Å²) in [5.74, 6) is 0.327. The molecular formula is C31H39N3O9S3. The molecule has 1 spiro atoms. The average molecular weight is 694 g/mol. The molecule has 2 saturated heterocycles. The number of benzene rings is 3. The summed E-state index contributed by atoms with van der Waals surface area (Å²) >= 11 is 0. The molecule has 15 heteroatoms. The van der Waals surface area contributed by atoms with Crippen molar-refractivity contribution in [2.75, 3.05) is 46.2 Å². The van der Waals surface area contributed by atoms with Gasteiger partial charge in [0.2, 0.25) is 20.0 Å². The minimum absolute atomic E-state index is 0.0266. The standard InChI is InChI=1S/C31H39N3O9S3/c1-32-45(38,39)29-10-5-8-27(18-29)42-22-26(35)20-33-25-19-31(43-21-25)12-14-34(15-13-31)46(40,41)30-11-4-7-24(17-30)23-6-3-9-28(16-23)44(2,36)37/h3-11,16-18,25-26,32-33,35H,12-15,19-22H2,1-2H3. The molecule has 5 rings (SSSR count). The van der Waals surface area contributed by atoms with Gasteiger partial charge in [-0.2, -0.15) is 4.31 Å². The van der Waals surface area contributed by atoms with Crippen LogP contribution in [0.25, 0.3) is 11.1 Å². The lowest BCUT2D eigenvalue weighted by molar-refractivity contribution is -0.0312. The summed E-state index contributed by atoms with van der Waals surface area (Å²) in [5, 5.41) is 13.8. The number of piperidine rings is 1. The lowest BCUT2D eigenvalue weighted by atomic mass is 9.88. The van der Waals surface area contributed by atoms with Gasteiger partial charge in [-0.05, 0) is 73.8 Å². The number of hydrogen-bond acceptors (Lipinski definition) is 10. The molecule has 3 N–H and O–H groups in total. The number of sulfonamides is 2. The Kier molecular flexibility index (Phi) is 10.2. The Labute approximate surface area is 270 Å². The highest BCUT2D eigenvalue weighted by atomic mass is 32.2. The Bertz CT molecular complexity index is 1880. The van der Waals surface area contributed by atoms with Crippen molar-refractivity contribution in [2.45, 2.75) is 51.7 Å². The second kappa shape index (κ2) is 13.7. The first-order chi connectivity index (χ1) is 21.7. The van der Waals surface area contributed by atoms with Crippen LogP contribution in [-0.4, -0.2) is 98.6 Å². The van der Waals surface area contributed by atoms with Gasteiger partial charge in [0.15, 0.2) is 9.84 Å². The van der Waals surface area contributed by atoms with Crippen LogP contribution in [0.4, 0.5) is 0 Å². The first-order valence-electron chi connectivity index (χ1n) is 14.8. The van der Waals surface area contributed by atoms with Gasteiger partial charge in [0, 0.05) is 38.0 Å². The molecule has 12 nitrogen and oxygen atoms in total. The zero-order valence-electron chi connectivity index (χ0n) is 25.6. The Hall–Kier alpha value is -2.89. The molecule has 0 aliphatic carbocycles. The molecule has 46 heavy (non-hydrogen) atoms. The molecular weight excluding hydrogens is 655 g/mol. The minimum Gasteiger partial charge on any atom is -0.491 e. The van der Waals surface area contributed by atoms with Crippen LogP contribution in [0.15, 0.2) is 87.5 Å². The third-order valence-corrected chi connectivity index (χ3v) is 12.8. The number of sulfone groups is 1. The van der Waals surface area contributed by atoms with E-state index in [1.54, 1.807) is 54.6 Å². The molecule has 2 unspecified atom stereocenters. The normalized spacial score (nSPS) is 19.7. The highest BCUT2D eigenvalue weighted by Crippen LogP contribution is 2.38. The maximum Gasteiger partial charge on any atom is 0.243 e. The van der Waals surface area contributed by atoms with E-state index in [1.165, 1.54) is 29.6 Å². The quantitative estimate of drug-likeness (QED) is 0.255. The van der Waals surface area contributed by atoms with Gasteiger partial charge in [-0.25, -0.2) is 30.0 Å². The Morgan fingerprint density at radius 1 is 0.913 bits per heavy atom. The molecule has 0 radical (unpaired) electrons. The number of nitrogens with one attached hydrogen (secondary N) is 2. The highest BCUT2D eigenvalue weighted by molar-refractivity contribution is 7.90. The van der Waals surface area contributed by atoms with Crippen LogP contribution in [0.5, 0.6) is 5.75 Å². The zero-order chi connectivity index (χ0) is 33.2. The van der Waals surface area contributed by atoms with Gasteiger partial charge < -0.3 is 19.9 Å². The molecule has 2 aliphatic rings. The summed E-state index contributed by atoms with van der Waals surface area (Å²) < 4.78 is 90.7. The smallest absolute Gasteiger partial charge is 0.243 e. The lowest BCUT2D eigenvalue weighted by Crippen LogP contribution is -2.47. The third kappa shape index (κ3) is 7.97. The van der Waals surface area contributed by atoms with E-state index in [0.29, 0.717) is 55.8 Å². The van der Waals surface area contributed by atoms with Crippen LogP contribution >= 0.6 is 0 Å². The number of aliphatic hydroxyl groups excluding tert-OH is 1. The average Bonchev–Trinajstić information content (AvgIpc) is 3.44. The zero-order valence-corrected chi connectivity index (χ0v) is 28.1. The van der Waals surface area contributed by atoms with Gasteiger partial charge in [0.25, 0.3) is 0 Å². The van der Waals surface area contributed by atoms with Crippen molar-refractivity contribution in [3.05, 3.63) is 72.8 Å². The predicted molar refractivity (Wildman–Crippen MR) is 172 cm³/mol. The molecule has 0 aromatic heterocycles. The monoisotopic (exact) mass is 693 g/mol. The largest absolute Gasteiger partial charge is 0.491 e. The lowest BCUT2D eigenvalue weighted by Gasteiger charge is -2.38. The van der Waals surface area contributed by atoms with Crippen LogP contribution in [0.1, 0.15) is 19.3 Å². The molecule has 0 saturated carbocycles. The summed E-state index contributed by atoms with van der Waals surface area (Å²) in [7, 11) is -9.49. The van der Waals surface area contributed by atoms with Gasteiger partial charge in [0.1, 0.15) is 18.5 Å². The van der Waals surface area contributed by atoms with Crippen LogP contribution in [0.2, 0.25) is 0 Å². The number of hydrogen-bond donors (Lipinski definition) is 3. The predicted octanol–water partition coefficient (Wildman–Crippen LogP) is 2.01.